The number of carbonyl (C=O) groups is 2. The summed E-state index contributed by atoms with van der Waals surface area (Å²) in [6, 6.07) is 20.1. The van der Waals surface area contributed by atoms with E-state index >= 15 is 0 Å². The van der Waals surface area contributed by atoms with Crippen LogP contribution in [0.4, 0.5) is 0 Å². The Balaban J connectivity index is 1.42. The maximum atomic E-state index is 11.5. The van der Waals surface area contributed by atoms with Gasteiger partial charge in [0.15, 0.2) is 0 Å². The molecule has 40 heavy (non-hydrogen) atoms. The number of aryl methyl sites for hydroxylation is 1. The number of carboxylic acid groups (broad SMARTS) is 2. The van der Waals surface area contributed by atoms with Crippen molar-refractivity contribution in [2.45, 2.75) is 38.6 Å². The molecule has 0 saturated carbocycles. The van der Waals surface area contributed by atoms with Gasteiger partial charge in [-0.05, 0) is 61.6 Å². The molecule has 1 aromatic heterocycles. The molecular weight excluding hydrogens is 510 g/mol. The number of benzene rings is 3. The van der Waals surface area contributed by atoms with E-state index in [0.717, 1.165) is 29.5 Å². The quantitative estimate of drug-likeness (QED) is 0.152. The zero-order valence-corrected chi connectivity index (χ0v) is 22.0. The van der Waals surface area contributed by atoms with Crippen LogP contribution in [-0.2, 0) is 22.6 Å². The number of nitrogens with zero attached hydrogens (tertiary/aromatic N) is 1. The average Bonchev–Trinajstić information content (AvgIpc) is 3.27. The number of rotatable bonds is 13. The highest BCUT2D eigenvalue weighted by Gasteiger charge is 2.14. The summed E-state index contributed by atoms with van der Waals surface area (Å²) in [5.41, 5.74) is 2.56. The van der Waals surface area contributed by atoms with Crippen molar-refractivity contribution in [2.75, 3.05) is 13.2 Å². The fourth-order valence-corrected chi connectivity index (χ4v) is 4.38. The number of carboxylic acids is 2. The molecule has 4 aromatic rings. The van der Waals surface area contributed by atoms with Crippen molar-refractivity contribution >= 4 is 22.8 Å². The van der Waals surface area contributed by atoms with Gasteiger partial charge in [0.1, 0.15) is 23.8 Å². The predicted molar refractivity (Wildman–Crippen MR) is 151 cm³/mol. The third-order valence-corrected chi connectivity index (χ3v) is 6.24. The second kappa shape index (κ2) is 13.8. The monoisotopic (exact) mass is 541 g/mol. The second-order valence-corrected chi connectivity index (χ2v) is 9.27. The van der Waals surface area contributed by atoms with Crippen LogP contribution in [0.3, 0.4) is 0 Å². The standard InChI is InChI=1S/C32H31NO7/c34-29-20-27(40-19-5-4-18-39-26-10-2-1-3-11-26)17-16-23(29)14-15-24-8-6-12-28-25(9-7-13-30(35)36)21-33(32(24)28)22-31(37)38/h1-3,6,8,10-12,16-17,20-21,34H,4-5,7,9,13,18-19,22H2,(H,35,36)(H,37,38). The van der Waals surface area contributed by atoms with Crippen molar-refractivity contribution in [1.82, 2.24) is 4.57 Å². The Kier molecular flexibility index (Phi) is 9.67. The molecular formula is C32H31NO7. The summed E-state index contributed by atoms with van der Waals surface area (Å²) in [5.74, 6) is 5.56. The smallest absolute Gasteiger partial charge is 0.323 e. The van der Waals surface area contributed by atoms with E-state index in [1.54, 1.807) is 29.0 Å². The molecule has 0 bridgehead atoms. The first kappa shape index (κ1) is 28.1. The highest BCUT2D eigenvalue weighted by Crippen LogP contribution is 2.27. The average molecular weight is 542 g/mol. The summed E-state index contributed by atoms with van der Waals surface area (Å²) in [5, 5.41) is 29.7. The number of fused-ring (bicyclic) bond motifs is 1. The van der Waals surface area contributed by atoms with Crippen LogP contribution in [0.2, 0.25) is 0 Å². The van der Waals surface area contributed by atoms with Crippen molar-refractivity contribution in [1.29, 1.82) is 0 Å². The Morgan fingerprint density at radius 1 is 0.775 bits per heavy atom. The van der Waals surface area contributed by atoms with Crippen LogP contribution in [0.25, 0.3) is 10.9 Å². The minimum atomic E-state index is -0.992. The van der Waals surface area contributed by atoms with Gasteiger partial charge in [-0.25, -0.2) is 0 Å². The molecule has 206 valence electrons. The van der Waals surface area contributed by atoms with Gasteiger partial charge in [0.25, 0.3) is 0 Å². The van der Waals surface area contributed by atoms with E-state index in [1.165, 1.54) is 6.07 Å². The molecule has 4 rings (SSSR count). The molecule has 0 radical (unpaired) electrons. The van der Waals surface area contributed by atoms with Crippen LogP contribution >= 0.6 is 0 Å². The first-order chi connectivity index (χ1) is 19.4. The van der Waals surface area contributed by atoms with Gasteiger partial charge in [0.05, 0.1) is 24.3 Å². The van der Waals surface area contributed by atoms with E-state index in [9.17, 15) is 19.8 Å². The fourth-order valence-electron chi connectivity index (χ4n) is 4.38. The number of hydrogen-bond acceptors (Lipinski definition) is 5. The van der Waals surface area contributed by atoms with Gasteiger partial charge in [0, 0.05) is 29.6 Å². The van der Waals surface area contributed by atoms with E-state index in [1.807, 2.05) is 42.5 Å². The Labute approximate surface area is 232 Å². The Morgan fingerprint density at radius 3 is 2.20 bits per heavy atom. The number of aromatic nitrogens is 1. The molecule has 0 unspecified atom stereocenters. The normalized spacial score (nSPS) is 10.6. The maximum Gasteiger partial charge on any atom is 0.323 e. The maximum absolute atomic E-state index is 11.5. The van der Waals surface area contributed by atoms with Gasteiger partial charge < -0.3 is 29.4 Å². The minimum absolute atomic E-state index is 0.0140. The highest BCUT2D eigenvalue weighted by molar-refractivity contribution is 5.90. The fraction of sp³-hybridized carbons (Fsp3) is 0.250. The van der Waals surface area contributed by atoms with E-state index in [4.69, 9.17) is 14.6 Å². The molecule has 1 heterocycles. The number of para-hydroxylation sites is 2. The van der Waals surface area contributed by atoms with E-state index in [-0.39, 0.29) is 18.7 Å². The van der Waals surface area contributed by atoms with Crippen LogP contribution in [0, 0.1) is 11.8 Å². The van der Waals surface area contributed by atoms with Crippen molar-refractivity contribution in [3.8, 4) is 29.1 Å². The SMILES string of the molecule is O=C(O)CCCc1cn(CC(=O)O)c2c(C#Cc3ccc(OCCCCOc4ccccc4)cc3O)cccc12. The Morgan fingerprint density at radius 2 is 1.50 bits per heavy atom. The molecule has 0 spiro atoms. The summed E-state index contributed by atoms with van der Waals surface area (Å²) in [6.45, 7) is 0.837. The predicted octanol–water partition coefficient (Wildman–Crippen LogP) is 5.48. The lowest BCUT2D eigenvalue weighted by atomic mass is 10.0. The molecule has 0 saturated heterocycles. The van der Waals surface area contributed by atoms with Gasteiger partial charge in [0.2, 0.25) is 0 Å². The molecule has 3 N–H and O–H groups in total. The Bertz CT molecular complexity index is 1530. The van der Waals surface area contributed by atoms with Crippen molar-refractivity contribution in [3.05, 3.63) is 89.6 Å². The van der Waals surface area contributed by atoms with Crippen molar-refractivity contribution < 1.29 is 34.4 Å². The molecule has 0 amide bonds. The third-order valence-electron chi connectivity index (χ3n) is 6.24. The number of aromatic hydroxyl groups is 1. The lowest BCUT2D eigenvalue weighted by Crippen LogP contribution is -2.08. The molecule has 0 aliphatic carbocycles. The van der Waals surface area contributed by atoms with Gasteiger partial charge in [-0.1, -0.05) is 42.2 Å². The van der Waals surface area contributed by atoms with Crippen LogP contribution in [0.15, 0.2) is 72.9 Å². The molecule has 8 nitrogen and oxygen atoms in total. The molecule has 3 aromatic carbocycles. The number of ether oxygens (including phenoxy) is 2. The number of phenolic OH excluding ortho intramolecular Hbond substituents is 1. The highest BCUT2D eigenvalue weighted by atomic mass is 16.5. The van der Waals surface area contributed by atoms with Crippen LogP contribution in [0.1, 0.15) is 42.4 Å². The summed E-state index contributed by atoms with van der Waals surface area (Å²) in [7, 11) is 0. The van der Waals surface area contributed by atoms with Gasteiger partial charge in [-0.2, -0.15) is 0 Å². The number of phenols is 1. The largest absolute Gasteiger partial charge is 0.507 e. The van der Waals surface area contributed by atoms with E-state index < -0.39 is 11.9 Å². The summed E-state index contributed by atoms with van der Waals surface area (Å²) in [4.78, 5) is 22.4. The van der Waals surface area contributed by atoms with E-state index in [2.05, 4.69) is 11.8 Å². The number of hydrogen-bond donors (Lipinski definition) is 3. The van der Waals surface area contributed by atoms with Gasteiger partial charge in [-0.15, -0.1) is 0 Å². The molecule has 0 aliphatic heterocycles. The van der Waals surface area contributed by atoms with E-state index in [0.29, 0.717) is 48.4 Å². The lowest BCUT2D eigenvalue weighted by Gasteiger charge is -2.08. The molecule has 8 heteroatoms. The number of aliphatic carboxylic acids is 2. The van der Waals surface area contributed by atoms with Crippen molar-refractivity contribution in [3.63, 3.8) is 0 Å². The molecule has 0 aliphatic rings. The first-order valence-electron chi connectivity index (χ1n) is 13.1. The summed E-state index contributed by atoms with van der Waals surface area (Å²) < 4.78 is 13.1. The summed E-state index contributed by atoms with van der Waals surface area (Å²) >= 11 is 0. The van der Waals surface area contributed by atoms with Crippen LogP contribution in [0.5, 0.6) is 17.2 Å². The minimum Gasteiger partial charge on any atom is -0.507 e. The van der Waals surface area contributed by atoms with Crippen LogP contribution < -0.4 is 9.47 Å². The Hall–Kier alpha value is -4.90. The van der Waals surface area contributed by atoms with Gasteiger partial charge >= 0.3 is 11.9 Å². The van der Waals surface area contributed by atoms with Crippen molar-refractivity contribution in [2.24, 2.45) is 0 Å². The molecule has 0 fully saturated rings. The number of unbranched alkanes of at least 4 members (excludes halogenated alkanes) is 1. The third kappa shape index (κ3) is 7.81. The summed E-state index contributed by atoms with van der Waals surface area (Å²) in [6.07, 6.45) is 4.38. The van der Waals surface area contributed by atoms with Gasteiger partial charge in [-0.3, -0.25) is 9.59 Å². The zero-order valence-electron chi connectivity index (χ0n) is 22.0. The molecule has 0 atom stereocenters. The topological polar surface area (TPSA) is 118 Å². The first-order valence-corrected chi connectivity index (χ1v) is 13.1. The second-order valence-electron chi connectivity index (χ2n) is 9.27. The lowest BCUT2D eigenvalue weighted by molar-refractivity contribution is -0.138. The van der Waals surface area contributed by atoms with Crippen LogP contribution in [-0.4, -0.2) is 45.0 Å². The zero-order chi connectivity index (χ0) is 28.3.